The maximum Gasteiger partial charge on any atom is 0.319 e. The van der Waals surface area contributed by atoms with Crippen LogP contribution in [0.5, 0.6) is 11.5 Å². The number of hydrogen-bond acceptors (Lipinski definition) is 3. The fourth-order valence-electron chi connectivity index (χ4n) is 2.89. The van der Waals surface area contributed by atoms with Gasteiger partial charge in [-0.2, -0.15) is 0 Å². The number of amides is 2. The van der Waals surface area contributed by atoms with Crippen molar-refractivity contribution in [2.45, 2.75) is 20.0 Å². The number of benzene rings is 2. The number of nitrogens with one attached hydrogen (secondary N) is 2. The Morgan fingerprint density at radius 2 is 1.85 bits per heavy atom. The molecule has 0 aliphatic carbocycles. The number of urea groups is 1. The summed E-state index contributed by atoms with van der Waals surface area (Å²) in [5.74, 6) is 1.30. The molecule has 0 spiro atoms. The van der Waals surface area contributed by atoms with Gasteiger partial charge in [-0.15, -0.1) is 0 Å². The average molecular weight is 353 g/mol. The monoisotopic (exact) mass is 353 g/mol. The summed E-state index contributed by atoms with van der Waals surface area (Å²) in [7, 11) is 3.18. The molecule has 0 aliphatic heterocycles. The van der Waals surface area contributed by atoms with E-state index in [0.29, 0.717) is 18.0 Å². The van der Waals surface area contributed by atoms with Crippen molar-refractivity contribution in [2.75, 3.05) is 19.5 Å². The standard InChI is InChI=1S/C20H23N3O3/c1-4-23-10-9-15-6-7-16(12-17(15)23)22-20(24)21-13-14-5-8-18(25-2)19(11-14)26-3/h5-12H,4,13H2,1-3H3,(H2,21,22,24). The van der Waals surface area contributed by atoms with Crippen molar-refractivity contribution in [1.29, 1.82) is 0 Å². The quantitative estimate of drug-likeness (QED) is 0.704. The summed E-state index contributed by atoms with van der Waals surface area (Å²) in [5, 5.41) is 6.89. The van der Waals surface area contributed by atoms with Crippen molar-refractivity contribution in [1.82, 2.24) is 9.88 Å². The number of carbonyl (C=O) groups excluding carboxylic acids is 1. The maximum atomic E-state index is 12.2. The van der Waals surface area contributed by atoms with Crippen LogP contribution in [0.4, 0.5) is 10.5 Å². The highest BCUT2D eigenvalue weighted by atomic mass is 16.5. The molecule has 0 aliphatic rings. The van der Waals surface area contributed by atoms with Gasteiger partial charge < -0.3 is 24.7 Å². The molecule has 0 unspecified atom stereocenters. The van der Waals surface area contributed by atoms with E-state index in [2.05, 4.69) is 28.2 Å². The molecule has 1 heterocycles. The van der Waals surface area contributed by atoms with Crippen LogP contribution in [0, 0.1) is 0 Å². The maximum absolute atomic E-state index is 12.2. The molecule has 2 N–H and O–H groups in total. The number of anilines is 1. The van der Waals surface area contributed by atoms with Gasteiger partial charge in [0.2, 0.25) is 0 Å². The molecule has 0 saturated heterocycles. The predicted octanol–water partition coefficient (Wildman–Crippen LogP) is 4.00. The fraction of sp³-hybridized carbons (Fsp3) is 0.250. The minimum absolute atomic E-state index is 0.256. The first kappa shape index (κ1) is 17.7. The van der Waals surface area contributed by atoms with Gasteiger partial charge in [0.05, 0.1) is 19.7 Å². The van der Waals surface area contributed by atoms with E-state index in [0.717, 1.165) is 28.7 Å². The Balaban J connectivity index is 1.64. The number of nitrogens with zero attached hydrogens (tertiary/aromatic N) is 1. The molecule has 26 heavy (non-hydrogen) atoms. The lowest BCUT2D eigenvalue weighted by molar-refractivity contribution is 0.251. The third kappa shape index (κ3) is 3.74. The van der Waals surface area contributed by atoms with Crippen LogP contribution in [0.1, 0.15) is 12.5 Å². The van der Waals surface area contributed by atoms with Crippen molar-refractivity contribution in [3.63, 3.8) is 0 Å². The zero-order chi connectivity index (χ0) is 18.5. The zero-order valence-corrected chi connectivity index (χ0v) is 15.2. The molecule has 136 valence electrons. The van der Waals surface area contributed by atoms with Gasteiger partial charge in [-0.25, -0.2) is 4.79 Å². The number of rotatable bonds is 6. The molecule has 0 radical (unpaired) electrons. The van der Waals surface area contributed by atoms with E-state index in [1.165, 1.54) is 0 Å². The number of aryl methyl sites for hydroxylation is 1. The second-order valence-electron chi connectivity index (χ2n) is 5.87. The molecule has 2 amide bonds. The Hall–Kier alpha value is -3.15. The van der Waals surface area contributed by atoms with Crippen LogP contribution in [0.25, 0.3) is 10.9 Å². The summed E-state index contributed by atoms with van der Waals surface area (Å²) < 4.78 is 12.6. The van der Waals surface area contributed by atoms with Gasteiger partial charge in [-0.3, -0.25) is 0 Å². The van der Waals surface area contributed by atoms with Crippen LogP contribution in [-0.4, -0.2) is 24.8 Å². The Bertz CT molecular complexity index is 918. The van der Waals surface area contributed by atoms with E-state index in [1.807, 2.05) is 42.6 Å². The molecule has 3 aromatic rings. The molecule has 0 fully saturated rings. The minimum Gasteiger partial charge on any atom is -0.493 e. The molecule has 0 saturated carbocycles. The van der Waals surface area contributed by atoms with Crippen molar-refractivity contribution >= 4 is 22.6 Å². The van der Waals surface area contributed by atoms with Crippen LogP contribution < -0.4 is 20.1 Å². The smallest absolute Gasteiger partial charge is 0.319 e. The second kappa shape index (κ2) is 7.82. The van der Waals surface area contributed by atoms with Gasteiger partial charge in [0.15, 0.2) is 11.5 Å². The van der Waals surface area contributed by atoms with Crippen molar-refractivity contribution < 1.29 is 14.3 Å². The number of ether oxygens (including phenoxy) is 2. The summed E-state index contributed by atoms with van der Waals surface area (Å²) >= 11 is 0. The van der Waals surface area contributed by atoms with Gasteiger partial charge in [-0.05, 0) is 48.2 Å². The number of carbonyl (C=O) groups is 1. The molecule has 0 bridgehead atoms. The first-order valence-electron chi connectivity index (χ1n) is 8.49. The van der Waals surface area contributed by atoms with Gasteiger partial charge in [0.1, 0.15) is 0 Å². The average Bonchev–Trinajstić information content (AvgIpc) is 3.08. The third-order valence-corrected chi connectivity index (χ3v) is 4.27. The minimum atomic E-state index is -0.256. The lowest BCUT2D eigenvalue weighted by atomic mass is 10.2. The predicted molar refractivity (Wildman–Crippen MR) is 103 cm³/mol. The third-order valence-electron chi connectivity index (χ3n) is 4.27. The lowest BCUT2D eigenvalue weighted by Gasteiger charge is -2.11. The Morgan fingerprint density at radius 3 is 2.58 bits per heavy atom. The van der Waals surface area contributed by atoms with E-state index >= 15 is 0 Å². The van der Waals surface area contributed by atoms with Crippen LogP contribution in [0.3, 0.4) is 0 Å². The normalized spacial score (nSPS) is 10.6. The van der Waals surface area contributed by atoms with Crippen LogP contribution in [-0.2, 0) is 13.1 Å². The highest BCUT2D eigenvalue weighted by Gasteiger charge is 2.07. The van der Waals surface area contributed by atoms with Crippen LogP contribution >= 0.6 is 0 Å². The topological polar surface area (TPSA) is 64.5 Å². The molecule has 2 aromatic carbocycles. The SMILES string of the molecule is CCn1ccc2ccc(NC(=O)NCc3ccc(OC)c(OC)c3)cc21. The molecule has 3 rings (SSSR count). The van der Waals surface area contributed by atoms with Crippen LogP contribution in [0.2, 0.25) is 0 Å². The Labute approximate surface area is 152 Å². The van der Waals surface area contributed by atoms with Crippen LogP contribution in [0.15, 0.2) is 48.7 Å². The largest absolute Gasteiger partial charge is 0.493 e. The number of hydrogen-bond donors (Lipinski definition) is 2. The van der Waals surface area contributed by atoms with Crippen molar-refractivity contribution in [3.8, 4) is 11.5 Å². The Kier molecular flexibility index (Phi) is 5.31. The lowest BCUT2D eigenvalue weighted by Crippen LogP contribution is -2.28. The van der Waals surface area contributed by atoms with Gasteiger partial charge >= 0.3 is 6.03 Å². The number of aromatic nitrogens is 1. The van der Waals surface area contributed by atoms with Gasteiger partial charge in [0, 0.05) is 25.0 Å². The number of methoxy groups -OCH3 is 2. The fourth-order valence-corrected chi connectivity index (χ4v) is 2.89. The van der Waals surface area contributed by atoms with Crippen molar-refractivity contribution in [3.05, 3.63) is 54.2 Å². The van der Waals surface area contributed by atoms with E-state index in [4.69, 9.17) is 9.47 Å². The first-order chi connectivity index (χ1) is 12.6. The van der Waals surface area contributed by atoms with Gasteiger partial charge in [0.25, 0.3) is 0 Å². The first-order valence-corrected chi connectivity index (χ1v) is 8.49. The van der Waals surface area contributed by atoms with Gasteiger partial charge in [-0.1, -0.05) is 12.1 Å². The molecule has 6 nitrogen and oxygen atoms in total. The van der Waals surface area contributed by atoms with E-state index in [-0.39, 0.29) is 6.03 Å². The second-order valence-corrected chi connectivity index (χ2v) is 5.87. The molecule has 6 heteroatoms. The van der Waals surface area contributed by atoms with E-state index in [9.17, 15) is 4.79 Å². The molecular formula is C20H23N3O3. The highest BCUT2D eigenvalue weighted by Crippen LogP contribution is 2.27. The molecular weight excluding hydrogens is 330 g/mol. The number of fused-ring (bicyclic) bond motifs is 1. The zero-order valence-electron chi connectivity index (χ0n) is 15.2. The summed E-state index contributed by atoms with van der Waals surface area (Å²) in [6.45, 7) is 3.37. The molecule has 1 aromatic heterocycles. The summed E-state index contributed by atoms with van der Waals surface area (Å²) in [4.78, 5) is 12.2. The summed E-state index contributed by atoms with van der Waals surface area (Å²) in [6.07, 6.45) is 2.05. The summed E-state index contributed by atoms with van der Waals surface area (Å²) in [5.41, 5.74) is 2.79. The molecule has 0 atom stereocenters. The van der Waals surface area contributed by atoms with E-state index < -0.39 is 0 Å². The van der Waals surface area contributed by atoms with E-state index in [1.54, 1.807) is 14.2 Å². The summed E-state index contributed by atoms with van der Waals surface area (Å²) in [6, 6.07) is 13.3. The van der Waals surface area contributed by atoms with Crippen molar-refractivity contribution in [2.24, 2.45) is 0 Å². The Morgan fingerprint density at radius 1 is 1.04 bits per heavy atom. The highest BCUT2D eigenvalue weighted by molar-refractivity contribution is 5.92.